The molecular weight excluding hydrogens is 332 g/mol. The molecule has 0 bridgehead atoms. The molecule has 1 atom stereocenters. The molecule has 0 N–H and O–H groups in total. The molecule has 2 heteroatoms. The maximum Gasteiger partial charge on any atom is 0.321 e. The summed E-state index contributed by atoms with van der Waals surface area (Å²) in [5, 5.41) is 4.94. The van der Waals surface area contributed by atoms with Gasteiger partial charge in [0.05, 0.1) is 6.61 Å². The fraction of sp³-hybridized carbons (Fsp3) is 0.240. The molecule has 0 saturated heterocycles. The second-order valence-electron chi connectivity index (χ2n) is 7.51. The number of fused-ring (bicyclic) bond motifs is 7. The fourth-order valence-corrected chi connectivity index (χ4v) is 4.60. The highest BCUT2D eigenvalue weighted by Crippen LogP contribution is 2.51. The summed E-state index contributed by atoms with van der Waals surface area (Å²) in [6, 6.07) is 17.1. The molecule has 2 aliphatic rings. The first-order chi connectivity index (χ1) is 13.3. The molecule has 1 unspecified atom stereocenters. The Morgan fingerprint density at radius 1 is 1.04 bits per heavy atom. The summed E-state index contributed by atoms with van der Waals surface area (Å²) < 4.78 is 5.69. The van der Waals surface area contributed by atoms with Crippen LogP contribution in [0.3, 0.4) is 0 Å². The molecule has 0 amide bonds. The van der Waals surface area contributed by atoms with E-state index in [2.05, 4.69) is 73.7 Å². The lowest BCUT2D eigenvalue weighted by atomic mass is 9.77. The van der Waals surface area contributed by atoms with Gasteiger partial charge in [-0.15, -0.1) is 0 Å². The average molecular weight is 354 g/mol. The number of carbonyl (C=O) groups excluding carboxylic acids is 1. The van der Waals surface area contributed by atoms with Crippen LogP contribution in [-0.4, -0.2) is 12.6 Å². The van der Waals surface area contributed by atoms with Crippen LogP contribution in [-0.2, 0) is 14.9 Å². The first-order valence-electron chi connectivity index (χ1n) is 9.76. The second-order valence-corrected chi connectivity index (χ2v) is 7.51. The third-order valence-electron chi connectivity index (χ3n) is 6.02. The van der Waals surface area contributed by atoms with Gasteiger partial charge in [0, 0.05) is 0 Å². The van der Waals surface area contributed by atoms with Crippen molar-refractivity contribution >= 4 is 33.6 Å². The maximum absolute atomic E-state index is 13.1. The normalized spacial score (nSPS) is 20.0. The highest BCUT2D eigenvalue weighted by Gasteiger charge is 2.50. The Balaban J connectivity index is 1.69. The highest BCUT2D eigenvalue weighted by molar-refractivity contribution is 6.12. The predicted molar refractivity (Wildman–Crippen MR) is 111 cm³/mol. The molecule has 0 spiro atoms. The molecule has 0 fully saturated rings. The molecule has 0 saturated carbocycles. The lowest BCUT2D eigenvalue weighted by Crippen LogP contribution is -2.35. The van der Waals surface area contributed by atoms with Gasteiger partial charge in [0.15, 0.2) is 0 Å². The van der Waals surface area contributed by atoms with Crippen LogP contribution in [0.4, 0.5) is 0 Å². The minimum atomic E-state index is -0.650. The molecular formula is C25H22O2. The summed E-state index contributed by atoms with van der Waals surface area (Å²) in [6.45, 7) is 2.60. The summed E-state index contributed by atoms with van der Waals surface area (Å²) in [5.41, 5.74) is 2.68. The zero-order valence-corrected chi connectivity index (χ0v) is 15.5. The average Bonchev–Trinajstić information content (AvgIpc) is 3.25. The maximum atomic E-state index is 13.1. The van der Waals surface area contributed by atoms with Gasteiger partial charge in [0.2, 0.25) is 0 Å². The van der Waals surface area contributed by atoms with Gasteiger partial charge in [0.1, 0.15) is 5.41 Å². The number of rotatable bonds is 4. The number of allylic oxidation sites excluding steroid dienone is 2. The van der Waals surface area contributed by atoms with Gasteiger partial charge in [0.25, 0.3) is 0 Å². The topological polar surface area (TPSA) is 26.3 Å². The van der Waals surface area contributed by atoms with Crippen molar-refractivity contribution < 1.29 is 9.53 Å². The van der Waals surface area contributed by atoms with Gasteiger partial charge >= 0.3 is 5.97 Å². The Kier molecular flexibility index (Phi) is 3.68. The molecule has 3 aromatic carbocycles. The van der Waals surface area contributed by atoms with Crippen molar-refractivity contribution in [3.63, 3.8) is 0 Å². The van der Waals surface area contributed by atoms with Crippen molar-refractivity contribution in [1.82, 2.24) is 0 Å². The van der Waals surface area contributed by atoms with Crippen LogP contribution in [0.2, 0.25) is 0 Å². The van der Waals surface area contributed by atoms with Gasteiger partial charge in [-0.05, 0) is 57.2 Å². The first kappa shape index (κ1) is 16.3. The van der Waals surface area contributed by atoms with E-state index in [4.69, 9.17) is 4.74 Å². The Morgan fingerprint density at radius 2 is 1.89 bits per heavy atom. The standard InChI is InChI=1S/C25H22O2/c1-2-3-15-27-24(26)25-14-6-8-18(25)16-22-21-11-10-17-7-4-5-9-19(17)20(21)12-13-23(22)25/h4-13,16H,2-3,14-15H2,1H3. The Labute approximate surface area is 159 Å². The van der Waals surface area contributed by atoms with E-state index in [0.717, 1.165) is 24.0 Å². The predicted octanol–water partition coefficient (Wildman–Crippen LogP) is 5.93. The minimum absolute atomic E-state index is 0.105. The first-order valence-corrected chi connectivity index (χ1v) is 9.76. The van der Waals surface area contributed by atoms with Crippen molar-refractivity contribution in [3.05, 3.63) is 77.4 Å². The minimum Gasteiger partial charge on any atom is -0.465 e. The van der Waals surface area contributed by atoms with E-state index >= 15 is 0 Å². The number of ether oxygens (including phenoxy) is 1. The van der Waals surface area contributed by atoms with Crippen LogP contribution in [0, 0.1) is 0 Å². The molecule has 0 aromatic heterocycles. The molecule has 5 rings (SSSR count). The zero-order chi connectivity index (χ0) is 18.4. The van der Waals surface area contributed by atoms with Crippen LogP contribution in [0.25, 0.3) is 27.6 Å². The molecule has 2 aliphatic carbocycles. The molecule has 27 heavy (non-hydrogen) atoms. The fourth-order valence-electron chi connectivity index (χ4n) is 4.60. The number of hydrogen-bond donors (Lipinski definition) is 0. The lowest BCUT2D eigenvalue weighted by Gasteiger charge is -2.27. The molecule has 0 heterocycles. The lowest BCUT2D eigenvalue weighted by molar-refractivity contribution is -0.148. The smallest absolute Gasteiger partial charge is 0.321 e. The van der Waals surface area contributed by atoms with E-state index in [0.29, 0.717) is 13.0 Å². The van der Waals surface area contributed by atoms with Crippen LogP contribution in [0.15, 0.2) is 66.3 Å². The van der Waals surface area contributed by atoms with Gasteiger partial charge in [-0.25, -0.2) is 0 Å². The number of unbranched alkanes of at least 4 members (excludes halogenated alkanes) is 1. The Hall–Kier alpha value is -2.87. The monoisotopic (exact) mass is 354 g/mol. The van der Waals surface area contributed by atoms with Crippen LogP contribution >= 0.6 is 0 Å². The Morgan fingerprint density at radius 3 is 2.78 bits per heavy atom. The van der Waals surface area contributed by atoms with E-state index < -0.39 is 5.41 Å². The van der Waals surface area contributed by atoms with Crippen molar-refractivity contribution in [1.29, 1.82) is 0 Å². The van der Waals surface area contributed by atoms with Crippen LogP contribution in [0.1, 0.15) is 37.3 Å². The zero-order valence-electron chi connectivity index (χ0n) is 15.5. The quantitative estimate of drug-likeness (QED) is 0.330. The summed E-state index contributed by atoms with van der Waals surface area (Å²) in [5.74, 6) is -0.105. The van der Waals surface area contributed by atoms with E-state index in [9.17, 15) is 4.79 Å². The number of carbonyl (C=O) groups is 1. The van der Waals surface area contributed by atoms with Gasteiger partial charge in [-0.1, -0.05) is 74.0 Å². The third kappa shape index (κ3) is 2.22. The van der Waals surface area contributed by atoms with E-state index in [1.807, 2.05) is 0 Å². The molecule has 2 nitrogen and oxygen atoms in total. The van der Waals surface area contributed by atoms with E-state index in [-0.39, 0.29) is 5.97 Å². The molecule has 0 aliphatic heterocycles. The SMILES string of the molecule is CCCCOC(=O)C12CC=CC1=Cc1c2ccc2c1ccc1ccccc12. The summed E-state index contributed by atoms with van der Waals surface area (Å²) in [4.78, 5) is 13.1. The second kappa shape index (κ2) is 6.09. The molecule has 134 valence electrons. The third-order valence-corrected chi connectivity index (χ3v) is 6.02. The Bertz CT molecular complexity index is 1140. The van der Waals surface area contributed by atoms with E-state index in [1.54, 1.807) is 0 Å². The van der Waals surface area contributed by atoms with Crippen molar-refractivity contribution in [3.8, 4) is 0 Å². The van der Waals surface area contributed by atoms with Crippen LogP contribution < -0.4 is 0 Å². The van der Waals surface area contributed by atoms with Crippen molar-refractivity contribution in [2.45, 2.75) is 31.6 Å². The number of benzene rings is 3. The van der Waals surface area contributed by atoms with Crippen molar-refractivity contribution in [2.24, 2.45) is 0 Å². The van der Waals surface area contributed by atoms with E-state index in [1.165, 1.54) is 27.1 Å². The van der Waals surface area contributed by atoms with Gasteiger partial charge < -0.3 is 4.74 Å². The molecule has 0 radical (unpaired) electrons. The van der Waals surface area contributed by atoms with Gasteiger partial charge in [-0.2, -0.15) is 0 Å². The molecule has 3 aromatic rings. The largest absolute Gasteiger partial charge is 0.465 e. The van der Waals surface area contributed by atoms with Gasteiger partial charge in [-0.3, -0.25) is 4.79 Å². The summed E-state index contributed by atoms with van der Waals surface area (Å²) in [7, 11) is 0. The highest BCUT2D eigenvalue weighted by atomic mass is 16.5. The summed E-state index contributed by atoms with van der Waals surface area (Å²) >= 11 is 0. The van der Waals surface area contributed by atoms with Crippen LogP contribution in [0.5, 0.6) is 0 Å². The number of hydrogen-bond acceptors (Lipinski definition) is 2. The van der Waals surface area contributed by atoms with Crippen molar-refractivity contribution in [2.75, 3.05) is 6.61 Å². The summed E-state index contributed by atoms with van der Waals surface area (Å²) in [6.07, 6.45) is 9.00. The number of esters is 1.